The van der Waals surface area contributed by atoms with Crippen LogP contribution >= 0.6 is 0 Å². The Morgan fingerprint density at radius 2 is 1.75 bits per heavy atom. The summed E-state index contributed by atoms with van der Waals surface area (Å²) in [5, 5.41) is 3.52. The van der Waals surface area contributed by atoms with Crippen LogP contribution in [0, 0.1) is 0 Å². The van der Waals surface area contributed by atoms with Crippen molar-refractivity contribution in [3.63, 3.8) is 0 Å². The van der Waals surface area contributed by atoms with Gasteiger partial charge in [0.05, 0.1) is 11.2 Å². The van der Waals surface area contributed by atoms with E-state index in [0.29, 0.717) is 6.04 Å². The summed E-state index contributed by atoms with van der Waals surface area (Å²) in [4.78, 5) is 11.8. The van der Waals surface area contributed by atoms with Crippen LogP contribution in [0.5, 0.6) is 0 Å². The predicted octanol–water partition coefficient (Wildman–Crippen LogP) is 4.37. The molecule has 0 spiro atoms. The lowest BCUT2D eigenvalue weighted by Gasteiger charge is -2.30. The molecule has 2 aromatic carbocycles. The number of aromatic nitrogens is 2. The van der Waals surface area contributed by atoms with Gasteiger partial charge in [-0.05, 0) is 55.1 Å². The van der Waals surface area contributed by atoms with Crippen LogP contribution in [-0.2, 0) is 6.54 Å². The quantitative estimate of drug-likeness (QED) is 0.583. The second-order valence-electron chi connectivity index (χ2n) is 7.75. The molecule has 0 aliphatic carbocycles. The van der Waals surface area contributed by atoms with Crippen LogP contribution in [0.3, 0.4) is 0 Å². The molecular weight excluding hydrogens is 344 g/mol. The van der Waals surface area contributed by atoms with E-state index in [4.69, 9.17) is 10.7 Å². The number of piperidine rings is 1. The molecule has 0 radical (unpaired) electrons. The summed E-state index contributed by atoms with van der Waals surface area (Å²) >= 11 is 0. The summed E-state index contributed by atoms with van der Waals surface area (Å²) in [6, 6.07) is 19.5. The van der Waals surface area contributed by atoms with Gasteiger partial charge < -0.3 is 5.73 Å². The minimum Gasteiger partial charge on any atom is -0.328 e. The van der Waals surface area contributed by atoms with Gasteiger partial charge in [-0.2, -0.15) is 0 Å². The fourth-order valence-electron chi connectivity index (χ4n) is 4.10. The summed E-state index contributed by atoms with van der Waals surface area (Å²) in [7, 11) is 0. The van der Waals surface area contributed by atoms with Crippen LogP contribution in [0.25, 0.3) is 32.9 Å². The molecule has 2 N–H and O–H groups in total. The van der Waals surface area contributed by atoms with Crippen molar-refractivity contribution >= 4 is 21.7 Å². The Labute approximate surface area is 165 Å². The normalized spacial score (nSPS) is 16.0. The molecule has 4 heteroatoms. The highest BCUT2D eigenvalue weighted by atomic mass is 15.1. The summed E-state index contributed by atoms with van der Waals surface area (Å²) in [5.41, 5.74) is 10.4. The van der Waals surface area contributed by atoms with E-state index in [1.807, 2.05) is 24.5 Å². The monoisotopic (exact) mass is 368 g/mol. The summed E-state index contributed by atoms with van der Waals surface area (Å²) in [5.74, 6) is 0. The minimum absolute atomic E-state index is 0.365. The van der Waals surface area contributed by atoms with Crippen LogP contribution < -0.4 is 5.73 Å². The number of likely N-dealkylation sites (tertiary alicyclic amines) is 1. The highest BCUT2D eigenvalue weighted by Crippen LogP contribution is 2.29. The molecule has 3 heterocycles. The van der Waals surface area contributed by atoms with Gasteiger partial charge in [-0.25, -0.2) is 4.98 Å². The van der Waals surface area contributed by atoms with Crippen LogP contribution in [0.2, 0.25) is 0 Å². The number of pyridine rings is 2. The summed E-state index contributed by atoms with van der Waals surface area (Å²) in [6.45, 7) is 3.12. The van der Waals surface area contributed by atoms with Gasteiger partial charge in [-0.1, -0.05) is 36.4 Å². The van der Waals surface area contributed by atoms with E-state index in [-0.39, 0.29) is 0 Å². The molecule has 0 unspecified atom stereocenters. The van der Waals surface area contributed by atoms with Gasteiger partial charge in [-0.15, -0.1) is 0 Å². The molecule has 1 saturated heterocycles. The highest BCUT2D eigenvalue weighted by Gasteiger charge is 2.16. The number of nitrogens with two attached hydrogens (primary N) is 1. The van der Waals surface area contributed by atoms with Crippen LogP contribution in [-0.4, -0.2) is 34.0 Å². The lowest BCUT2D eigenvalue weighted by molar-refractivity contribution is 0.206. The van der Waals surface area contributed by atoms with E-state index in [1.165, 1.54) is 10.9 Å². The number of benzene rings is 2. The van der Waals surface area contributed by atoms with E-state index in [2.05, 4.69) is 52.3 Å². The Bertz CT molecular complexity index is 1130. The number of hydrogen-bond acceptors (Lipinski definition) is 4. The molecule has 4 nitrogen and oxygen atoms in total. The third-order valence-electron chi connectivity index (χ3n) is 5.74. The fourth-order valence-corrected chi connectivity index (χ4v) is 4.10. The minimum atomic E-state index is 0.365. The molecular formula is C24H24N4. The van der Waals surface area contributed by atoms with Crippen molar-refractivity contribution in [1.82, 2.24) is 14.9 Å². The molecule has 0 bridgehead atoms. The van der Waals surface area contributed by atoms with E-state index >= 15 is 0 Å². The maximum atomic E-state index is 6.05. The molecule has 0 amide bonds. The first-order valence-electron chi connectivity index (χ1n) is 9.97. The van der Waals surface area contributed by atoms with Crippen molar-refractivity contribution in [3.05, 3.63) is 72.6 Å². The molecule has 0 atom stereocenters. The second kappa shape index (κ2) is 7.30. The van der Waals surface area contributed by atoms with Crippen molar-refractivity contribution in [2.45, 2.75) is 25.4 Å². The largest absolute Gasteiger partial charge is 0.328 e. The maximum absolute atomic E-state index is 6.05. The number of hydrogen-bond donors (Lipinski definition) is 1. The third kappa shape index (κ3) is 3.37. The lowest BCUT2D eigenvalue weighted by atomic mass is 10.0. The Morgan fingerprint density at radius 1 is 0.929 bits per heavy atom. The Balaban J connectivity index is 1.53. The Kier molecular flexibility index (Phi) is 4.51. The van der Waals surface area contributed by atoms with Gasteiger partial charge in [0.25, 0.3) is 0 Å². The Hall–Kier alpha value is -2.82. The predicted molar refractivity (Wildman–Crippen MR) is 115 cm³/mol. The molecule has 28 heavy (non-hydrogen) atoms. The summed E-state index contributed by atoms with van der Waals surface area (Å²) in [6.07, 6.45) is 6.04. The van der Waals surface area contributed by atoms with Gasteiger partial charge in [0, 0.05) is 41.3 Å². The molecule has 1 aliphatic heterocycles. The van der Waals surface area contributed by atoms with Crippen molar-refractivity contribution in [1.29, 1.82) is 0 Å². The standard InChI is InChI=1S/C24H24N4/c25-20-9-11-28(12-10-20)16-17-5-6-19-14-26-15-22(21(19)13-17)24-8-7-18-3-1-2-4-23(18)27-24/h1-8,13-15,20H,9-12,16,25H2. The number of rotatable bonds is 3. The van der Waals surface area contributed by atoms with Crippen LogP contribution in [0.15, 0.2) is 67.0 Å². The van der Waals surface area contributed by atoms with Gasteiger partial charge in [0.15, 0.2) is 0 Å². The van der Waals surface area contributed by atoms with E-state index in [1.54, 1.807) is 0 Å². The number of fused-ring (bicyclic) bond motifs is 2. The van der Waals surface area contributed by atoms with Crippen molar-refractivity contribution < 1.29 is 0 Å². The zero-order valence-electron chi connectivity index (χ0n) is 15.9. The molecule has 1 fully saturated rings. The average Bonchev–Trinajstić information content (AvgIpc) is 2.74. The topological polar surface area (TPSA) is 55.0 Å². The first-order chi connectivity index (χ1) is 13.8. The van der Waals surface area contributed by atoms with E-state index in [9.17, 15) is 0 Å². The maximum Gasteiger partial charge on any atom is 0.0731 e. The zero-order valence-corrected chi connectivity index (χ0v) is 15.9. The number of nitrogens with zero attached hydrogens (tertiary/aromatic N) is 3. The van der Waals surface area contributed by atoms with Crippen molar-refractivity contribution in [2.24, 2.45) is 5.73 Å². The number of para-hydroxylation sites is 1. The second-order valence-corrected chi connectivity index (χ2v) is 7.75. The molecule has 0 saturated carbocycles. The van der Waals surface area contributed by atoms with E-state index in [0.717, 1.165) is 60.0 Å². The molecule has 2 aromatic heterocycles. The fraction of sp³-hybridized carbons (Fsp3) is 0.250. The van der Waals surface area contributed by atoms with Crippen LogP contribution in [0.4, 0.5) is 0 Å². The molecule has 4 aromatic rings. The first kappa shape index (κ1) is 17.3. The van der Waals surface area contributed by atoms with Gasteiger partial charge in [0.1, 0.15) is 0 Å². The average molecular weight is 368 g/mol. The van der Waals surface area contributed by atoms with Crippen LogP contribution in [0.1, 0.15) is 18.4 Å². The van der Waals surface area contributed by atoms with Crippen molar-refractivity contribution in [3.8, 4) is 11.3 Å². The van der Waals surface area contributed by atoms with Gasteiger partial charge in [-0.3, -0.25) is 9.88 Å². The third-order valence-corrected chi connectivity index (χ3v) is 5.74. The van der Waals surface area contributed by atoms with Crippen molar-refractivity contribution in [2.75, 3.05) is 13.1 Å². The molecule has 5 rings (SSSR count). The molecule has 1 aliphatic rings. The first-order valence-corrected chi connectivity index (χ1v) is 9.97. The SMILES string of the molecule is NC1CCN(Cc2ccc3cncc(-c4ccc5ccccc5n4)c3c2)CC1. The summed E-state index contributed by atoms with van der Waals surface area (Å²) < 4.78 is 0. The highest BCUT2D eigenvalue weighted by molar-refractivity contribution is 5.96. The zero-order chi connectivity index (χ0) is 18.9. The van der Waals surface area contributed by atoms with E-state index < -0.39 is 0 Å². The van der Waals surface area contributed by atoms with Gasteiger partial charge >= 0.3 is 0 Å². The van der Waals surface area contributed by atoms with Gasteiger partial charge in [0.2, 0.25) is 0 Å². The smallest absolute Gasteiger partial charge is 0.0731 e. The molecule has 140 valence electrons. The lowest BCUT2D eigenvalue weighted by Crippen LogP contribution is -2.39. The Morgan fingerprint density at radius 3 is 2.64 bits per heavy atom.